The van der Waals surface area contributed by atoms with Gasteiger partial charge in [-0.1, -0.05) is 34.8 Å². The smallest absolute Gasteiger partial charge is 0.387 e. The molecule has 78 valence electrons. The van der Waals surface area contributed by atoms with E-state index in [-0.39, 0.29) is 26.4 Å². The van der Waals surface area contributed by atoms with Gasteiger partial charge in [0.2, 0.25) is 0 Å². The monoisotopic (exact) mass is 263 g/mol. The van der Waals surface area contributed by atoms with Gasteiger partial charge in [0.1, 0.15) is 5.02 Å². The van der Waals surface area contributed by atoms with E-state index in [9.17, 15) is 4.79 Å². The molecule has 0 aliphatic rings. The molecule has 0 saturated carbocycles. The lowest BCUT2D eigenvalue weighted by molar-refractivity contribution is 0.104. The molecule has 0 aromatic heterocycles. The number of ether oxygens (including phenoxy) is 1. The van der Waals surface area contributed by atoms with Gasteiger partial charge in [-0.3, -0.25) is 0 Å². The lowest BCUT2D eigenvalue weighted by Crippen LogP contribution is -1.96. The van der Waals surface area contributed by atoms with Crippen molar-refractivity contribution >= 4 is 40.7 Å². The van der Waals surface area contributed by atoms with E-state index in [1.807, 2.05) is 0 Å². The predicted octanol–water partition coefficient (Wildman–Crippen LogP) is 3.71. The number of nitrogens with zero attached hydrogens (tertiary/aromatic N) is 1. The van der Waals surface area contributed by atoms with E-state index >= 15 is 0 Å². The van der Waals surface area contributed by atoms with Gasteiger partial charge < -0.3 is 9.53 Å². The molecule has 0 saturated heterocycles. The van der Waals surface area contributed by atoms with Gasteiger partial charge in [0, 0.05) is 5.56 Å². The van der Waals surface area contributed by atoms with Crippen molar-refractivity contribution in [3.8, 4) is 5.75 Å². The third-order valence-electron chi connectivity index (χ3n) is 1.65. The molecule has 0 radical (unpaired) electrons. The third kappa shape index (κ3) is 2.18. The number of carbonyl (C=O) groups excluding carboxylic acids is 1. The molecular formula is C9H4Cl3NO2. The van der Waals surface area contributed by atoms with Crippen molar-refractivity contribution in [2.75, 3.05) is 7.11 Å². The minimum atomic E-state index is -0.813. The molecule has 0 heterocycles. The Kier molecular flexibility index (Phi) is 3.81. The molecule has 1 aromatic carbocycles. The highest BCUT2D eigenvalue weighted by atomic mass is 35.5. The first-order valence-electron chi connectivity index (χ1n) is 3.66. The molecule has 15 heavy (non-hydrogen) atoms. The van der Waals surface area contributed by atoms with Crippen molar-refractivity contribution in [2.45, 2.75) is 0 Å². The zero-order valence-electron chi connectivity index (χ0n) is 7.47. The number of benzene rings is 1. The van der Waals surface area contributed by atoms with Crippen LogP contribution in [0, 0.1) is 6.57 Å². The molecule has 0 atom stereocenters. The van der Waals surface area contributed by atoms with E-state index in [4.69, 9.17) is 46.1 Å². The van der Waals surface area contributed by atoms with Crippen LogP contribution >= 0.6 is 34.8 Å². The largest absolute Gasteiger partial charge is 0.494 e. The summed E-state index contributed by atoms with van der Waals surface area (Å²) < 4.78 is 4.89. The van der Waals surface area contributed by atoms with E-state index in [2.05, 4.69) is 4.85 Å². The zero-order chi connectivity index (χ0) is 11.6. The lowest BCUT2D eigenvalue weighted by Gasteiger charge is -2.09. The highest BCUT2D eigenvalue weighted by molar-refractivity contribution is 6.46. The zero-order valence-corrected chi connectivity index (χ0v) is 9.74. The first-order chi connectivity index (χ1) is 7.02. The quantitative estimate of drug-likeness (QED) is 0.602. The van der Waals surface area contributed by atoms with Gasteiger partial charge in [-0.2, -0.15) is 4.85 Å². The van der Waals surface area contributed by atoms with Gasteiger partial charge in [0.05, 0.1) is 23.7 Å². The summed E-state index contributed by atoms with van der Waals surface area (Å²) >= 11 is 17.4. The first kappa shape index (κ1) is 12.1. The Balaban J connectivity index is 3.49. The first-order valence-corrected chi connectivity index (χ1v) is 4.79. The van der Waals surface area contributed by atoms with E-state index < -0.39 is 5.91 Å². The van der Waals surface area contributed by atoms with Crippen LogP contribution in [0.2, 0.25) is 15.1 Å². The Morgan fingerprint density at radius 2 is 2.00 bits per heavy atom. The van der Waals surface area contributed by atoms with E-state index in [1.54, 1.807) is 0 Å². The second-order valence-corrected chi connectivity index (χ2v) is 3.65. The van der Waals surface area contributed by atoms with Gasteiger partial charge in [-0.05, 0) is 6.07 Å². The Labute approximate surface area is 101 Å². The fourth-order valence-electron chi connectivity index (χ4n) is 0.981. The molecule has 0 spiro atoms. The molecular weight excluding hydrogens is 260 g/mol. The van der Waals surface area contributed by atoms with Crippen molar-refractivity contribution in [3.05, 3.63) is 38.1 Å². The number of halogens is 3. The SMILES string of the molecule is [C-]#[N+]C(=O)c1cc(Cl)c(OC)c(Cl)c1Cl. The van der Waals surface area contributed by atoms with Crippen LogP contribution in [0.25, 0.3) is 4.85 Å². The lowest BCUT2D eigenvalue weighted by atomic mass is 10.2. The number of hydrogen-bond acceptors (Lipinski definition) is 2. The van der Waals surface area contributed by atoms with Crippen LogP contribution in [0.1, 0.15) is 10.4 Å². The summed E-state index contributed by atoms with van der Waals surface area (Å²) in [6.07, 6.45) is 0. The maximum atomic E-state index is 11.1. The van der Waals surface area contributed by atoms with Gasteiger partial charge in [-0.15, -0.1) is 0 Å². The van der Waals surface area contributed by atoms with E-state index in [0.29, 0.717) is 0 Å². The minimum Gasteiger partial charge on any atom is -0.494 e. The highest BCUT2D eigenvalue weighted by Gasteiger charge is 2.19. The molecule has 3 nitrogen and oxygen atoms in total. The van der Waals surface area contributed by atoms with Gasteiger partial charge in [0.15, 0.2) is 5.75 Å². The molecule has 0 unspecified atom stereocenters. The Bertz CT molecular complexity index is 465. The van der Waals surface area contributed by atoms with Crippen molar-refractivity contribution in [1.82, 2.24) is 0 Å². The third-order valence-corrected chi connectivity index (χ3v) is 2.78. The summed E-state index contributed by atoms with van der Waals surface area (Å²) in [5, 5.41) is 0.136. The van der Waals surface area contributed by atoms with Crippen molar-refractivity contribution in [1.29, 1.82) is 0 Å². The Morgan fingerprint density at radius 3 is 2.47 bits per heavy atom. The number of hydrogen-bond donors (Lipinski definition) is 0. The van der Waals surface area contributed by atoms with Crippen LogP contribution in [0.5, 0.6) is 5.75 Å². The summed E-state index contributed by atoms with van der Waals surface area (Å²) in [7, 11) is 1.37. The second-order valence-electron chi connectivity index (χ2n) is 2.48. The highest BCUT2D eigenvalue weighted by Crippen LogP contribution is 2.40. The molecule has 0 bridgehead atoms. The normalized spacial score (nSPS) is 9.53. The molecule has 0 aliphatic carbocycles. The molecule has 0 N–H and O–H groups in total. The summed E-state index contributed by atoms with van der Waals surface area (Å²) in [4.78, 5) is 13.9. The van der Waals surface area contributed by atoms with Gasteiger partial charge in [0.25, 0.3) is 0 Å². The van der Waals surface area contributed by atoms with E-state index in [1.165, 1.54) is 13.2 Å². The van der Waals surface area contributed by atoms with Crippen molar-refractivity contribution < 1.29 is 9.53 Å². The molecule has 1 amide bonds. The maximum Gasteiger partial charge on any atom is 0.387 e. The standard InChI is InChI=1S/C9H4Cl3NO2/c1-13-9(14)4-3-5(10)8(15-2)7(12)6(4)11/h3H,2H3. The number of methoxy groups -OCH3 is 1. The molecule has 1 rings (SSSR count). The van der Waals surface area contributed by atoms with Crippen LogP contribution in [0.4, 0.5) is 0 Å². The van der Waals surface area contributed by atoms with Crippen LogP contribution in [-0.2, 0) is 0 Å². The average Bonchev–Trinajstić information content (AvgIpc) is 2.23. The maximum absolute atomic E-state index is 11.1. The van der Waals surface area contributed by atoms with Gasteiger partial charge >= 0.3 is 5.91 Å². The summed E-state index contributed by atoms with van der Waals surface area (Å²) in [5.74, 6) is -0.628. The van der Waals surface area contributed by atoms with Crippen molar-refractivity contribution in [2.24, 2.45) is 0 Å². The molecule has 0 aliphatic heterocycles. The number of rotatable bonds is 2. The topological polar surface area (TPSA) is 30.7 Å². The number of carbonyl (C=O) groups is 1. The van der Waals surface area contributed by atoms with Crippen LogP contribution in [-0.4, -0.2) is 13.0 Å². The Hall–Kier alpha value is -0.950. The number of amides is 1. The van der Waals surface area contributed by atoms with Crippen molar-refractivity contribution in [3.63, 3.8) is 0 Å². The second kappa shape index (κ2) is 4.71. The Morgan fingerprint density at radius 1 is 1.40 bits per heavy atom. The average molecular weight is 264 g/mol. The fraction of sp³-hybridized carbons (Fsp3) is 0.111. The summed E-state index contributed by atoms with van der Waals surface area (Å²) in [6, 6.07) is 1.26. The molecule has 0 fully saturated rings. The molecule has 1 aromatic rings. The summed E-state index contributed by atoms with van der Waals surface area (Å²) in [6.45, 7) is 6.58. The van der Waals surface area contributed by atoms with Crippen LogP contribution < -0.4 is 4.74 Å². The van der Waals surface area contributed by atoms with Gasteiger partial charge in [-0.25, -0.2) is 0 Å². The van der Waals surface area contributed by atoms with Crippen LogP contribution in [0.15, 0.2) is 6.07 Å². The predicted molar refractivity (Wildman–Crippen MR) is 59.0 cm³/mol. The van der Waals surface area contributed by atoms with E-state index in [0.717, 1.165) is 0 Å². The summed E-state index contributed by atoms with van der Waals surface area (Å²) in [5.41, 5.74) is -0.0255. The minimum absolute atomic E-state index is 0.0255. The molecule has 6 heteroatoms. The van der Waals surface area contributed by atoms with Crippen LogP contribution in [0.3, 0.4) is 0 Å². The fourth-order valence-corrected chi connectivity index (χ4v) is 1.81.